The molecule has 1 saturated carbocycles. The summed E-state index contributed by atoms with van der Waals surface area (Å²) in [7, 11) is 1.83. The van der Waals surface area contributed by atoms with E-state index in [1.165, 1.54) is 64.7 Å². The quantitative estimate of drug-likeness (QED) is 0.777. The molecule has 0 aromatic heterocycles. The highest BCUT2D eigenvalue weighted by Crippen LogP contribution is 2.37. The van der Waals surface area contributed by atoms with Gasteiger partial charge < -0.3 is 15.0 Å². The fraction of sp³-hybridized carbons (Fsp3) is 1.00. The fourth-order valence-electron chi connectivity index (χ4n) is 4.02. The Bertz CT molecular complexity index is 274. The van der Waals surface area contributed by atoms with Crippen molar-refractivity contribution in [1.82, 2.24) is 10.2 Å². The van der Waals surface area contributed by atoms with Crippen molar-refractivity contribution in [1.29, 1.82) is 0 Å². The lowest BCUT2D eigenvalue weighted by Crippen LogP contribution is -2.46. The second kappa shape index (κ2) is 7.77. The molecule has 118 valence electrons. The van der Waals surface area contributed by atoms with Crippen molar-refractivity contribution in [3.05, 3.63) is 0 Å². The van der Waals surface area contributed by atoms with Crippen molar-refractivity contribution in [3.8, 4) is 0 Å². The maximum atomic E-state index is 5.33. The van der Waals surface area contributed by atoms with Gasteiger partial charge in [-0.1, -0.05) is 33.1 Å². The van der Waals surface area contributed by atoms with Crippen molar-refractivity contribution in [3.63, 3.8) is 0 Å². The third-order valence-electron chi connectivity index (χ3n) is 5.13. The van der Waals surface area contributed by atoms with Crippen molar-refractivity contribution in [2.24, 2.45) is 11.3 Å². The minimum absolute atomic E-state index is 0.532. The highest BCUT2D eigenvalue weighted by atomic mass is 16.5. The molecule has 0 radical (unpaired) electrons. The van der Waals surface area contributed by atoms with Gasteiger partial charge in [-0.15, -0.1) is 0 Å². The largest absolute Gasteiger partial charge is 0.384 e. The molecule has 2 aliphatic rings. The minimum atomic E-state index is 0.532. The lowest BCUT2D eigenvalue weighted by Gasteiger charge is -2.41. The van der Waals surface area contributed by atoms with E-state index in [1.54, 1.807) is 0 Å². The predicted octanol–water partition coefficient (Wildman–Crippen LogP) is 2.90. The van der Waals surface area contributed by atoms with Crippen LogP contribution < -0.4 is 5.32 Å². The molecule has 2 rings (SSSR count). The van der Waals surface area contributed by atoms with Crippen molar-refractivity contribution >= 4 is 0 Å². The lowest BCUT2D eigenvalue weighted by atomic mass is 9.73. The molecule has 0 aromatic rings. The summed E-state index contributed by atoms with van der Waals surface area (Å²) < 4.78 is 5.33. The zero-order chi connectivity index (χ0) is 14.4. The molecule has 1 aliphatic carbocycles. The van der Waals surface area contributed by atoms with Crippen LogP contribution in [0.3, 0.4) is 0 Å². The topological polar surface area (TPSA) is 24.5 Å². The molecule has 0 aromatic carbocycles. The van der Waals surface area contributed by atoms with Crippen LogP contribution in [0.2, 0.25) is 0 Å². The zero-order valence-electron chi connectivity index (χ0n) is 13.8. The average Bonchev–Trinajstić information content (AvgIpc) is 2.85. The Morgan fingerprint density at radius 3 is 2.65 bits per heavy atom. The summed E-state index contributed by atoms with van der Waals surface area (Å²) in [5.41, 5.74) is 0.532. The Hall–Kier alpha value is -0.120. The van der Waals surface area contributed by atoms with Crippen LogP contribution in [-0.4, -0.2) is 50.8 Å². The first-order valence-electron chi connectivity index (χ1n) is 8.58. The van der Waals surface area contributed by atoms with E-state index in [0.717, 1.165) is 12.5 Å². The molecule has 0 bridgehead atoms. The standard InChI is InChI=1S/C17H34N2O/c1-15(2)18-13-17(8-5-4-6-9-17)14-19-10-7-16(11-19)12-20-3/h15-16,18H,4-14H2,1-3H3. The number of nitrogens with one attached hydrogen (secondary N) is 1. The smallest absolute Gasteiger partial charge is 0.0503 e. The van der Waals surface area contributed by atoms with Crippen molar-refractivity contribution < 1.29 is 4.74 Å². The highest BCUT2D eigenvalue weighted by Gasteiger charge is 2.35. The van der Waals surface area contributed by atoms with Crippen LogP contribution in [0.5, 0.6) is 0 Å². The summed E-state index contributed by atoms with van der Waals surface area (Å²) in [6, 6.07) is 0.605. The van der Waals surface area contributed by atoms with Gasteiger partial charge in [0.05, 0.1) is 6.61 Å². The summed E-state index contributed by atoms with van der Waals surface area (Å²) in [5.74, 6) is 0.763. The Morgan fingerprint density at radius 2 is 2.00 bits per heavy atom. The molecule has 1 atom stereocenters. The first kappa shape index (κ1) is 16.3. The molecule has 20 heavy (non-hydrogen) atoms. The van der Waals surface area contributed by atoms with Gasteiger partial charge in [-0.2, -0.15) is 0 Å². The Morgan fingerprint density at radius 1 is 1.25 bits per heavy atom. The van der Waals surface area contributed by atoms with E-state index < -0.39 is 0 Å². The molecule has 0 amide bonds. The zero-order valence-corrected chi connectivity index (χ0v) is 13.8. The predicted molar refractivity (Wildman–Crippen MR) is 85.1 cm³/mol. The first-order chi connectivity index (χ1) is 9.63. The molecular weight excluding hydrogens is 248 g/mol. The van der Waals surface area contributed by atoms with Gasteiger partial charge in [0.1, 0.15) is 0 Å². The maximum absolute atomic E-state index is 5.33. The van der Waals surface area contributed by atoms with Gasteiger partial charge in [0.25, 0.3) is 0 Å². The van der Waals surface area contributed by atoms with Crippen LogP contribution in [0.4, 0.5) is 0 Å². The number of hydrogen-bond donors (Lipinski definition) is 1. The van der Waals surface area contributed by atoms with Gasteiger partial charge in [0.15, 0.2) is 0 Å². The van der Waals surface area contributed by atoms with Crippen LogP contribution in [0.1, 0.15) is 52.4 Å². The summed E-state index contributed by atoms with van der Waals surface area (Å²) in [6.07, 6.45) is 8.44. The van der Waals surface area contributed by atoms with Gasteiger partial charge in [-0.05, 0) is 37.1 Å². The molecular formula is C17H34N2O. The van der Waals surface area contributed by atoms with Crippen LogP contribution in [0.25, 0.3) is 0 Å². The third-order valence-corrected chi connectivity index (χ3v) is 5.13. The van der Waals surface area contributed by atoms with E-state index in [2.05, 4.69) is 24.1 Å². The molecule has 1 unspecified atom stereocenters. The van der Waals surface area contributed by atoms with Crippen molar-refractivity contribution in [2.75, 3.05) is 39.9 Å². The van der Waals surface area contributed by atoms with E-state index in [-0.39, 0.29) is 0 Å². The molecule has 3 nitrogen and oxygen atoms in total. The maximum Gasteiger partial charge on any atom is 0.0503 e. The van der Waals surface area contributed by atoms with Gasteiger partial charge in [-0.25, -0.2) is 0 Å². The summed E-state index contributed by atoms with van der Waals surface area (Å²) in [4.78, 5) is 2.71. The number of likely N-dealkylation sites (tertiary alicyclic amines) is 1. The van der Waals surface area contributed by atoms with Crippen LogP contribution in [-0.2, 0) is 4.74 Å². The first-order valence-corrected chi connectivity index (χ1v) is 8.58. The lowest BCUT2D eigenvalue weighted by molar-refractivity contribution is 0.104. The Labute approximate surface area is 125 Å². The second-order valence-electron chi connectivity index (χ2n) is 7.44. The van der Waals surface area contributed by atoms with Crippen LogP contribution in [0, 0.1) is 11.3 Å². The second-order valence-corrected chi connectivity index (χ2v) is 7.44. The van der Waals surface area contributed by atoms with E-state index >= 15 is 0 Å². The number of methoxy groups -OCH3 is 1. The van der Waals surface area contributed by atoms with E-state index in [9.17, 15) is 0 Å². The molecule has 1 N–H and O–H groups in total. The fourth-order valence-corrected chi connectivity index (χ4v) is 4.02. The summed E-state index contributed by atoms with van der Waals surface area (Å²) in [5, 5.41) is 3.71. The number of hydrogen-bond acceptors (Lipinski definition) is 3. The van der Waals surface area contributed by atoms with E-state index in [0.29, 0.717) is 11.5 Å². The highest BCUT2D eigenvalue weighted by molar-refractivity contribution is 4.90. The van der Waals surface area contributed by atoms with Crippen LogP contribution in [0.15, 0.2) is 0 Å². The normalized spacial score (nSPS) is 27.3. The average molecular weight is 282 g/mol. The molecule has 3 heteroatoms. The monoisotopic (exact) mass is 282 g/mol. The van der Waals surface area contributed by atoms with Gasteiger partial charge in [0, 0.05) is 32.8 Å². The summed E-state index contributed by atoms with van der Waals surface area (Å²) >= 11 is 0. The number of rotatable bonds is 7. The summed E-state index contributed by atoms with van der Waals surface area (Å²) in [6.45, 7) is 10.5. The van der Waals surface area contributed by atoms with Gasteiger partial charge >= 0.3 is 0 Å². The third kappa shape index (κ3) is 4.71. The van der Waals surface area contributed by atoms with Crippen molar-refractivity contribution in [2.45, 2.75) is 58.4 Å². The number of ether oxygens (including phenoxy) is 1. The molecule has 0 spiro atoms. The minimum Gasteiger partial charge on any atom is -0.384 e. The Balaban J connectivity index is 1.87. The number of nitrogens with zero attached hydrogens (tertiary/aromatic N) is 1. The van der Waals surface area contributed by atoms with E-state index in [1.807, 2.05) is 7.11 Å². The SMILES string of the molecule is COCC1CCN(CC2(CNC(C)C)CCCCC2)C1. The molecule has 1 aliphatic heterocycles. The van der Waals surface area contributed by atoms with Crippen LogP contribution >= 0.6 is 0 Å². The molecule has 1 heterocycles. The van der Waals surface area contributed by atoms with Gasteiger partial charge in [-0.3, -0.25) is 0 Å². The molecule has 1 saturated heterocycles. The Kier molecular flexibility index (Phi) is 6.31. The van der Waals surface area contributed by atoms with E-state index in [4.69, 9.17) is 4.74 Å². The molecule has 2 fully saturated rings. The van der Waals surface area contributed by atoms with Gasteiger partial charge in [0.2, 0.25) is 0 Å².